The number of carbonyl (C=O) groups is 3. The van der Waals surface area contributed by atoms with E-state index in [1.165, 1.54) is 41.3 Å². The molecule has 1 aromatic heterocycles. The minimum atomic E-state index is -0.839. The maximum absolute atomic E-state index is 13.8. The van der Waals surface area contributed by atoms with Gasteiger partial charge in [0.2, 0.25) is 11.8 Å². The second kappa shape index (κ2) is 14.8. The average molecular weight is 603 g/mol. The van der Waals surface area contributed by atoms with Gasteiger partial charge in [-0.15, -0.1) is 0 Å². The van der Waals surface area contributed by atoms with Gasteiger partial charge in [-0.3, -0.25) is 14.9 Å². The number of aryl methyl sites for hydroxylation is 1. The van der Waals surface area contributed by atoms with Gasteiger partial charge in [0.1, 0.15) is 18.2 Å². The smallest absolute Gasteiger partial charge is 0.412 e. The van der Waals surface area contributed by atoms with Crippen LogP contribution in [0.2, 0.25) is 5.02 Å². The van der Waals surface area contributed by atoms with E-state index in [0.717, 1.165) is 19.3 Å². The summed E-state index contributed by atoms with van der Waals surface area (Å²) in [6.45, 7) is 1.23. The molecule has 1 aliphatic heterocycles. The largest absolute Gasteiger partial charge is 0.447 e. The zero-order valence-electron chi connectivity index (χ0n) is 23.3. The molecule has 0 radical (unpaired) electrons. The average Bonchev–Trinajstić information content (AvgIpc) is 3.46. The van der Waals surface area contributed by atoms with Gasteiger partial charge in [-0.25, -0.2) is 13.6 Å². The van der Waals surface area contributed by atoms with Gasteiger partial charge in [-0.05, 0) is 55.9 Å². The molecule has 2 aromatic carbocycles. The summed E-state index contributed by atoms with van der Waals surface area (Å²) < 4.78 is 37.9. The van der Waals surface area contributed by atoms with E-state index in [9.17, 15) is 23.2 Å². The Labute approximate surface area is 247 Å². The lowest BCUT2D eigenvalue weighted by Gasteiger charge is -2.30. The number of carbonyl (C=O) groups excluding carboxylic acids is 3. The lowest BCUT2D eigenvalue weighted by molar-refractivity contribution is -0.136. The number of nitrogens with one attached hydrogen (secondary N) is 1. The zero-order valence-corrected chi connectivity index (χ0v) is 24.0. The fourth-order valence-corrected chi connectivity index (χ4v) is 4.99. The van der Waals surface area contributed by atoms with Gasteiger partial charge < -0.3 is 19.1 Å². The monoisotopic (exact) mass is 602 g/mol. The second-order valence-electron chi connectivity index (χ2n) is 10.2. The summed E-state index contributed by atoms with van der Waals surface area (Å²) in [6, 6.07) is 11.0. The molecule has 1 aliphatic rings. The molecule has 12 heteroatoms. The number of halogens is 3. The van der Waals surface area contributed by atoms with Crippen molar-refractivity contribution in [1.82, 2.24) is 15.0 Å². The Morgan fingerprint density at radius 1 is 1.10 bits per heavy atom. The molecule has 42 heavy (non-hydrogen) atoms. The summed E-state index contributed by atoms with van der Waals surface area (Å²) in [4.78, 5) is 41.7. The Bertz CT molecular complexity index is 1400. The molecule has 1 saturated heterocycles. The number of aromatic nitrogens is 1. The van der Waals surface area contributed by atoms with Crippen molar-refractivity contribution >= 4 is 35.3 Å². The lowest BCUT2D eigenvalue weighted by Crippen LogP contribution is -2.42. The first-order valence-corrected chi connectivity index (χ1v) is 14.2. The van der Waals surface area contributed by atoms with E-state index in [1.54, 1.807) is 19.2 Å². The SMILES string of the molecule is CN(C(=O)CCc1cccc(F)c1Cl)[C@@H](CCC(=O)N1CCCCC1)COC(=O)Nc1cc(-c2cccc(F)c2)on1. The number of anilines is 1. The number of rotatable bonds is 11. The molecule has 0 bridgehead atoms. The highest BCUT2D eigenvalue weighted by molar-refractivity contribution is 6.31. The standard InChI is InChI=1S/C30H33ClF2N4O5/c1-36(27(38)13-11-20-7-6-10-24(33)29(20)31)23(12-14-28(39)37-15-3-2-4-16-37)19-41-30(40)34-26-18-25(42-35-26)21-8-5-9-22(32)17-21/h5-10,17-18,23H,2-4,11-16,19H2,1H3,(H,34,35,40)/t23-/m0/s1. The molecule has 2 heterocycles. The topological polar surface area (TPSA) is 105 Å². The Balaban J connectivity index is 1.36. The minimum Gasteiger partial charge on any atom is -0.447 e. The van der Waals surface area contributed by atoms with Crippen molar-refractivity contribution in [2.45, 2.75) is 51.0 Å². The molecule has 0 spiro atoms. The first kappa shape index (κ1) is 31.0. The first-order valence-electron chi connectivity index (χ1n) is 13.8. The van der Waals surface area contributed by atoms with Crippen molar-refractivity contribution in [3.05, 3.63) is 70.8 Å². The van der Waals surface area contributed by atoms with Crippen LogP contribution in [0.25, 0.3) is 11.3 Å². The van der Waals surface area contributed by atoms with Crippen molar-refractivity contribution in [3.63, 3.8) is 0 Å². The molecule has 3 aromatic rings. The highest BCUT2D eigenvalue weighted by Gasteiger charge is 2.25. The van der Waals surface area contributed by atoms with Crippen LogP contribution in [0.1, 0.15) is 44.1 Å². The first-order chi connectivity index (χ1) is 20.2. The van der Waals surface area contributed by atoms with E-state index < -0.39 is 23.8 Å². The number of hydrogen-bond donors (Lipinski definition) is 1. The number of piperidine rings is 1. The maximum atomic E-state index is 13.8. The summed E-state index contributed by atoms with van der Waals surface area (Å²) >= 11 is 6.04. The third kappa shape index (κ3) is 8.51. The number of benzene rings is 2. The van der Waals surface area contributed by atoms with Gasteiger partial charge in [0.05, 0.1) is 11.1 Å². The number of likely N-dealkylation sites (N-methyl/N-ethyl adjacent to an activating group) is 1. The molecule has 9 nitrogen and oxygen atoms in total. The predicted molar refractivity (Wildman–Crippen MR) is 153 cm³/mol. The van der Waals surface area contributed by atoms with Crippen LogP contribution < -0.4 is 5.32 Å². The Kier molecular flexibility index (Phi) is 10.9. The molecule has 4 rings (SSSR count). The summed E-state index contributed by atoms with van der Waals surface area (Å²) in [5, 5.41) is 6.20. The van der Waals surface area contributed by atoms with Gasteiger partial charge in [0.25, 0.3) is 0 Å². The summed E-state index contributed by atoms with van der Waals surface area (Å²) in [6.07, 6.45) is 2.91. The quantitative estimate of drug-likeness (QED) is 0.285. The van der Waals surface area contributed by atoms with Crippen LogP contribution >= 0.6 is 11.6 Å². The van der Waals surface area contributed by atoms with Gasteiger partial charge in [0.15, 0.2) is 11.6 Å². The summed E-state index contributed by atoms with van der Waals surface area (Å²) in [5.74, 6) is -0.968. The Morgan fingerprint density at radius 3 is 2.62 bits per heavy atom. The molecule has 1 fully saturated rings. The number of likely N-dealkylation sites (tertiary alicyclic amines) is 1. The lowest BCUT2D eigenvalue weighted by atomic mass is 10.1. The van der Waals surface area contributed by atoms with E-state index in [4.69, 9.17) is 20.9 Å². The molecule has 224 valence electrons. The van der Waals surface area contributed by atoms with Crippen molar-refractivity contribution in [1.29, 1.82) is 0 Å². The van der Waals surface area contributed by atoms with E-state index in [-0.39, 0.29) is 60.7 Å². The Hall–Kier alpha value is -3.99. The van der Waals surface area contributed by atoms with E-state index in [2.05, 4.69) is 10.5 Å². The molecule has 1 N–H and O–H groups in total. The maximum Gasteiger partial charge on any atom is 0.412 e. The van der Waals surface area contributed by atoms with Crippen LogP contribution in [0, 0.1) is 11.6 Å². The molecular formula is C30H33ClF2N4O5. The molecule has 0 aliphatic carbocycles. The Morgan fingerprint density at radius 2 is 1.86 bits per heavy atom. The van der Waals surface area contributed by atoms with Crippen LogP contribution in [0.5, 0.6) is 0 Å². The van der Waals surface area contributed by atoms with E-state index in [0.29, 0.717) is 24.2 Å². The fourth-order valence-electron chi connectivity index (χ4n) is 4.77. The molecule has 3 amide bonds. The highest BCUT2D eigenvalue weighted by atomic mass is 35.5. The molecule has 0 unspecified atom stereocenters. The van der Waals surface area contributed by atoms with Crippen molar-refractivity contribution < 1.29 is 32.4 Å². The molecular weight excluding hydrogens is 570 g/mol. The van der Waals surface area contributed by atoms with Gasteiger partial charge >= 0.3 is 6.09 Å². The fraction of sp³-hybridized carbons (Fsp3) is 0.400. The third-order valence-electron chi connectivity index (χ3n) is 7.24. The van der Waals surface area contributed by atoms with Crippen LogP contribution in [0.3, 0.4) is 0 Å². The number of hydrogen-bond acceptors (Lipinski definition) is 6. The second-order valence-corrected chi connectivity index (χ2v) is 10.5. The van der Waals surface area contributed by atoms with Crippen LogP contribution in [0.4, 0.5) is 19.4 Å². The third-order valence-corrected chi connectivity index (χ3v) is 7.66. The minimum absolute atomic E-state index is 0.0102. The number of amides is 3. The van der Waals surface area contributed by atoms with Crippen molar-refractivity contribution in [3.8, 4) is 11.3 Å². The normalized spacial score (nSPS) is 13.9. The molecule has 1 atom stereocenters. The zero-order chi connectivity index (χ0) is 30.1. The van der Waals surface area contributed by atoms with Crippen LogP contribution in [0.15, 0.2) is 53.1 Å². The number of ether oxygens (including phenoxy) is 1. The summed E-state index contributed by atoms with van der Waals surface area (Å²) in [5.41, 5.74) is 0.957. The van der Waals surface area contributed by atoms with Gasteiger partial charge in [-0.2, -0.15) is 0 Å². The van der Waals surface area contributed by atoms with Gasteiger partial charge in [0, 0.05) is 44.6 Å². The van der Waals surface area contributed by atoms with E-state index >= 15 is 0 Å². The van der Waals surface area contributed by atoms with Crippen LogP contribution in [-0.2, 0) is 20.7 Å². The van der Waals surface area contributed by atoms with Crippen molar-refractivity contribution in [2.75, 3.05) is 32.1 Å². The number of nitrogens with zero attached hydrogens (tertiary/aromatic N) is 3. The molecule has 0 saturated carbocycles. The predicted octanol–water partition coefficient (Wildman–Crippen LogP) is 6.07. The van der Waals surface area contributed by atoms with Crippen LogP contribution in [-0.4, -0.2) is 65.6 Å². The van der Waals surface area contributed by atoms with E-state index in [1.807, 2.05) is 4.90 Å². The van der Waals surface area contributed by atoms with Gasteiger partial charge in [-0.1, -0.05) is 41.0 Å². The summed E-state index contributed by atoms with van der Waals surface area (Å²) in [7, 11) is 1.58. The van der Waals surface area contributed by atoms with Crippen molar-refractivity contribution in [2.24, 2.45) is 0 Å². The highest BCUT2D eigenvalue weighted by Crippen LogP contribution is 2.24.